The Balaban J connectivity index is 1.84. The van der Waals surface area contributed by atoms with Gasteiger partial charge in [0.25, 0.3) is 0 Å². The smallest absolute Gasteiger partial charge is 0.137 e. The number of aromatic nitrogens is 3. The Hall–Kier alpha value is -1.39. The number of nitrogens with zero attached hydrogens (tertiary/aromatic N) is 3. The van der Waals surface area contributed by atoms with Gasteiger partial charge in [0.2, 0.25) is 0 Å². The Bertz CT molecular complexity index is 624. The molecule has 22 heavy (non-hydrogen) atoms. The van der Waals surface area contributed by atoms with E-state index < -0.39 is 5.60 Å². The fourth-order valence-electron chi connectivity index (χ4n) is 3.62. The molecule has 0 saturated heterocycles. The molecule has 0 unspecified atom stereocenters. The quantitative estimate of drug-likeness (QED) is 0.940. The zero-order valence-corrected chi connectivity index (χ0v) is 13.8. The molecule has 0 radical (unpaired) electrons. The Kier molecular flexibility index (Phi) is 4.00. The highest BCUT2D eigenvalue weighted by molar-refractivity contribution is 6.30. The Morgan fingerprint density at radius 3 is 2.68 bits per heavy atom. The summed E-state index contributed by atoms with van der Waals surface area (Å²) in [6.07, 6.45) is 6.06. The maximum Gasteiger partial charge on any atom is 0.137 e. The largest absolute Gasteiger partial charge is 0.387 e. The highest BCUT2D eigenvalue weighted by atomic mass is 35.5. The highest BCUT2D eigenvalue weighted by Gasteiger charge is 2.54. The highest BCUT2D eigenvalue weighted by Crippen LogP contribution is 2.51. The van der Waals surface area contributed by atoms with Gasteiger partial charge in [0, 0.05) is 5.02 Å². The van der Waals surface area contributed by atoms with Crippen LogP contribution >= 0.6 is 11.6 Å². The van der Waals surface area contributed by atoms with E-state index in [2.05, 4.69) is 23.9 Å². The molecule has 0 aliphatic heterocycles. The standard InChI is InChI=1S/C17H22ClN3O/c1-16(2)8-7-14(9-13-3-5-15(18)6-4-13)17(16,22)10-21-12-19-11-20-21/h3-6,11-12,14,22H,7-10H2,1-2H3/t14-,17-/m1/s1. The van der Waals surface area contributed by atoms with Crippen LogP contribution in [0.1, 0.15) is 32.3 Å². The fourth-order valence-corrected chi connectivity index (χ4v) is 3.75. The van der Waals surface area contributed by atoms with Crippen LogP contribution in [0.3, 0.4) is 0 Å². The van der Waals surface area contributed by atoms with Crippen molar-refractivity contribution in [3.05, 3.63) is 47.5 Å². The van der Waals surface area contributed by atoms with E-state index in [4.69, 9.17) is 11.6 Å². The van der Waals surface area contributed by atoms with Gasteiger partial charge >= 0.3 is 0 Å². The van der Waals surface area contributed by atoms with Crippen LogP contribution in [0.4, 0.5) is 0 Å². The number of aliphatic hydroxyl groups is 1. The first-order valence-electron chi connectivity index (χ1n) is 7.70. The van der Waals surface area contributed by atoms with Crippen LogP contribution in [0.25, 0.3) is 0 Å². The second kappa shape index (κ2) is 5.67. The van der Waals surface area contributed by atoms with Gasteiger partial charge < -0.3 is 5.11 Å². The van der Waals surface area contributed by atoms with Crippen LogP contribution in [-0.2, 0) is 13.0 Å². The lowest BCUT2D eigenvalue weighted by Gasteiger charge is -2.40. The first-order valence-corrected chi connectivity index (χ1v) is 8.08. The number of hydrogen-bond acceptors (Lipinski definition) is 3. The normalized spacial score (nSPS) is 27.2. The molecule has 5 heteroatoms. The third-order valence-electron chi connectivity index (χ3n) is 5.23. The van der Waals surface area contributed by atoms with Gasteiger partial charge in [0.15, 0.2) is 0 Å². The minimum absolute atomic E-state index is 0.143. The van der Waals surface area contributed by atoms with E-state index in [9.17, 15) is 5.11 Å². The molecule has 0 spiro atoms. The topological polar surface area (TPSA) is 50.9 Å². The Morgan fingerprint density at radius 2 is 2.05 bits per heavy atom. The molecular formula is C17H22ClN3O. The summed E-state index contributed by atoms with van der Waals surface area (Å²) in [4.78, 5) is 3.99. The van der Waals surface area contributed by atoms with E-state index in [1.54, 1.807) is 11.0 Å². The first-order chi connectivity index (χ1) is 10.4. The first kappa shape index (κ1) is 15.5. The second-order valence-corrected chi connectivity index (χ2v) is 7.40. The van der Waals surface area contributed by atoms with E-state index in [1.807, 2.05) is 24.3 Å². The van der Waals surface area contributed by atoms with Gasteiger partial charge in [0.05, 0.1) is 12.1 Å². The SMILES string of the molecule is CC1(C)CC[C@H](Cc2ccc(Cl)cc2)[C@]1(O)Cn1cncn1. The zero-order valence-electron chi connectivity index (χ0n) is 13.0. The van der Waals surface area contributed by atoms with Gasteiger partial charge in [-0.25, -0.2) is 4.98 Å². The molecule has 1 fully saturated rings. The molecule has 2 atom stereocenters. The molecule has 1 aliphatic carbocycles. The number of benzene rings is 1. The third kappa shape index (κ3) is 2.77. The van der Waals surface area contributed by atoms with E-state index >= 15 is 0 Å². The molecular weight excluding hydrogens is 298 g/mol. The molecule has 118 valence electrons. The summed E-state index contributed by atoms with van der Waals surface area (Å²) in [5.41, 5.74) is 0.278. The van der Waals surface area contributed by atoms with Gasteiger partial charge in [-0.05, 0) is 48.3 Å². The van der Waals surface area contributed by atoms with Crippen LogP contribution in [-0.4, -0.2) is 25.5 Å². The van der Waals surface area contributed by atoms with Crippen molar-refractivity contribution in [2.75, 3.05) is 0 Å². The van der Waals surface area contributed by atoms with E-state index in [-0.39, 0.29) is 11.3 Å². The van der Waals surface area contributed by atoms with Crippen molar-refractivity contribution in [3.63, 3.8) is 0 Å². The van der Waals surface area contributed by atoms with Crippen molar-refractivity contribution < 1.29 is 5.11 Å². The van der Waals surface area contributed by atoms with Crippen LogP contribution in [0.5, 0.6) is 0 Å². The van der Waals surface area contributed by atoms with Gasteiger partial charge in [-0.1, -0.05) is 37.6 Å². The summed E-state index contributed by atoms with van der Waals surface area (Å²) in [5, 5.41) is 16.4. The van der Waals surface area contributed by atoms with Gasteiger partial charge in [-0.15, -0.1) is 0 Å². The lowest BCUT2D eigenvalue weighted by molar-refractivity contribution is -0.0907. The molecule has 1 aromatic heterocycles. The maximum absolute atomic E-state index is 11.5. The van der Waals surface area contributed by atoms with E-state index in [0.717, 1.165) is 24.3 Å². The lowest BCUT2D eigenvalue weighted by atomic mass is 9.72. The maximum atomic E-state index is 11.5. The minimum atomic E-state index is -0.791. The monoisotopic (exact) mass is 319 g/mol. The second-order valence-electron chi connectivity index (χ2n) is 6.97. The van der Waals surface area contributed by atoms with Gasteiger partial charge in [-0.3, -0.25) is 4.68 Å². The fraction of sp³-hybridized carbons (Fsp3) is 0.529. The zero-order chi connectivity index (χ0) is 15.8. The molecule has 1 heterocycles. The van der Waals surface area contributed by atoms with Crippen LogP contribution in [0, 0.1) is 11.3 Å². The van der Waals surface area contributed by atoms with Crippen molar-refractivity contribution in [2.45, 2.75) is 45.3 Å². The van der Waals surface area contributed by atoms with Crippen molar-refractivity contribution >= 4 is 11.6 Å². The Morgan fingerprint density at radius 1 is 1.32 bits per heavy atom. The molecule has 0 bridgehead atoms. The molecule has 1 N–H and O–H groups in total. The summed E-state index contributed by atoms with van der Waals surface area (Å²) in [7, 11) is 0. The molecule has 3 rings (SSSR count). The summed E-state index contributed by atoms with van der Waals surface area (Å²) < 4.78 is 1.74. The van der Waals surface area contributed by atoms with Crippen LogP contribution in [0.15, 0.2) is 36.9 Å². The molecule has 1 aromatic carbocycles. The summed E-state index contributed by atoms with van der Waals surface area (Å²) in [6.45, 7) is 4.77. The molecule has 1 saturated carbocycles. The third-order valence-corrected chi connectivity index (χ3v) is 5.48. The summed E-state index contributed by atoms with van der Waals surface area (Å²) in [5.74, 6) is 0.202. The van der Waals surface area contributed by atoms with Gasteiger partial charge in [0.1, 0.15) is 12.7 Å². The summed E-state index contributed by atoms with van der Waals surface area (Å²) >= 11 is 5.96. The number of hydrogen-bond donors (Lipinski definition) is 1. The van der Waals surface area contributed by atoms with E-state index in [1.165, 1.54) is 11.9 Å². The number of rotatable bonds is 4. The summed E-state index contributed by atoms with van der Waals surface area (Å²) in [6, 6.07) is 7.91. The van der Waals surface area contributed by atoms with E-state index in [0.29, 0.717) is 6.54 Å². The van der Waals surface area contributed by atoms with Crippen molar-refractivity contribution in [1.29, 1.82) is 0 Å². The van der Waals surface area contributed by atoms with Crippen molar-refractivity contribution in [2.24, 2.45) is 11.3 Å². The minimum Gasteiger partial charge on any atom is -0.387 e. The van der Waals surface area contributed by atoms with Crippen molar-refractivity contribution in [1.82, 2.24) is 14.8 Å². The number of halogens is 1. The average molecular weight is 320 g/mol. The lowest BCUT2D eigenvalue weighted by Crippen LogP contribution is -2.49. The van der Waals surface area contributed by atoms with Crippen LogP contribution in [0.2, 0.25) is 5.02 Å². The van der Waals surface area contributed by atoms with Gasteiger partial charge in [-0.2, -0.15) is 5.10 Å². The van der Waals surface area contributed by atoms with Crippen molar-refractivity contribution in [3.8, 4) is 0 Å². The predicted molar refractivity (Wildman–Crippen MR) is 86.6 cm³/mol. The molecule has 0 amide bonds. The predicted octanol–water partition coefficient (Wildman–Crippen LogP) is 3.34. The average Bonchev–Trinajstić information content (AvgIpc) is 3.04. The molecule has 2 aromatic rings. The van der Waals surface area contributed by atoms with Crippen LogP contribution < -0.4 is 0 Å². The molecule has 1 aliphatic rings. The molecule has 4 nitrogen and oxygen atoms in total. The Labute approximate surface area is 136 Å².